The van der Waals surface area contributed by atoms with Crippen LogP contribution in [0.3, 0.4) is 0 Å². The summed E-state index contributed by atoms with van der Waals surface area (Å²) in [5.74, 6) is 1.33. The van der Waals surface area contributed by atoms with Crippen LogP contribution in [-0.2, 0) is 24.3 Å². The van der Waals surface area contributed by atoms with E-state index in [0.29, 0.717) is 18.0 Å². The molecule has 0 radical (unpaired) electrons. The highest BCUT2D eigenvalue weighted by Crippen LogP contribution is 2.45. The first-order chi connectivity index (χ1) is 34.7. The summed E-state index contributed by atoms with van der Waals surface area (Å²) < 4.78 is 38.5. The van der Waals surface area contributed by atoms with E-state index in [-0.39, 0.29) is 60.2 Å². The zero-order chi connectivity index (χ0) is 51.7. The Hall–Kier alpha value is -5.51. The van der Waals surface area contributed by atoms with Crippen LogP contribution in [0.1, 0.15) is 74.8 Å². The summed E-state index contributed by atoms with van der Waals surface area (Å²) in [5, 5.41) is 54.0. The van der Waals surface area contributed by atoms with Crippen LogP contribution in [0.4, 0.5) is 4.79 Å². The van der Waals surface area contributed by atoms with Gasteiger partial charge in [0.15, 0.2) is 0 Å². The van der Waals surface area contributed by atoms with Gasteiger partial charge in [-0.1, -0.05) is 103 Å². The molecule has 6 atom stereocenters. The van der Waals surface area contributed by atoms with Gasteiger partial charge in [-0.15, -0.1) is 0 Å². The van der Waals surface area contributed by atoms with Crippen molar-refractivity contribution in [1.29, 1.82) is 5.26 Å². The van der Waals surface area contributed by atoms with E-state index < -0.39 is 48.2 Å². The molecule has 17 heteroatoms. The maximum absolute atomic E-state index is 12.7. The molecule has 0 fully saturated rings. The fourth-order valence-electron chi connectivity index (χ4n) is 8.89. The Balaban J connectivity index is 1.11. The Labute approximate surface area is 425 Å². The van der Waals surface area contributed by atoms with Crippen LogP contribution in [0, 0.1) is 11.3 Å². The van der Waals surface area contributed by atoms with Gasteiger partial charge in [0.1, 0.15) is 48.1 Å². The average molecular weight is 1010 g/mol. The summed E-state index contributed by atoms with van der Waals surface area (Å²) in [4.78, 5) is 12.7. The first-order valence-electron chi connectivity index (χ1n) is 24.3. The summed E-state index contributed by atoms with van der Waals surface area (Å²) in [7, 11) is 3.05. The molecule has 1 aliphatic carbocycles. The highest BCUT2D eigenvalue weighted by molar-refractivity contribution is 7.29. The standard InChI is InChI=1S/C55H71N6O10P/c1-37(2)61(54(4,5)69-31-15-30-56)72-71-38(3)49(35-70-55(39-16-9-8-10-17-39,40-22-26-42(66-6)27-23-40)41-24-28-43(67-7)29-25-41)60-51(63)34-57-50(62)33-58-52(64)36-68-53(65)59-32-48-46-20-13-11-18-44(46)45-19-12-14-21-47(45)48/h8-14,16-29,37-38,48-52,57-58,60,62-64,72H,15,31-36H2,1-7H3,(H,59,65)/t38-,49-,50-,51-,52-/m1/s1. The minimum atomic E-state index is -1.28. The summed E-state index contributed by atoms with van der Waals surface area (Å²) in [6.07, 6.45) is -4.71. The van der Waals surface area contributed by atoms with Crippen LogP contribution in [0.2, 0.25) is 0 Å². The topological polar surface area (TPSA) is 208 Å². The highest BCUT2D eigenvalue weighted by Gasteiger charge is 2.40. The third-order valence-electron chi connectivity index (χ3n) is 12.6. The number of carbonyl (C=O) groups excluding carboxylic acids is 1. The predicted molar refractivity (Wildman–Crippen MR) is 278 cm³/mol. The molecule has 0 aromatic heterocycles. The van der Waals surface area contributed by atoms with E-state index >= 15 is 0 Å². The number of fused-ring (bicyclic) bond motifs is 3. The fourth-order valence-corrected chi connectivity index (χ4v) is 9.83. The minimum Gasteiger partial charge on any atom is -0.497 e. The molecule has 0 spiro atoms. The van der Waals surface area contributed by atoms with Crippen LogP contribution < -0.4 is 30.7 Å². The molecular weight excluding hydrogens is 936 g/mol. The number of hydrogen-bond acceptors (Lipinski definition) is 15. The normalized spacial score (nSPS) is 14.9. The molecule has 386 valence electrons. The first-order valence-corrected chi connectivity index (χ1v) is 25.1. The first kappa shape index (κ1) is 55.8. The van der Waals surface area contributed by atoms with E-state index in [9.17, 15) is 20.1 Å². The Morgan fingerprint density at radius 2 is 1.24 bits per heavy atom. The van der Waals surface area contributed by atoms with Crippen molar-refractivity contribution in [3.8, 4) is 28.7 Å². The molecule has 72 heavy (non-hydrogen) atoms. The largest absolute Gasteiger partial charge is 0.497 e. The van der Waals surface area contributed by atoms with Gasteiger partial charge < -0.3 is 48.8 Å². The second-order valence-corrected chi connectivity index (χ2v) is 19.1. The lowest BCUT2D eigenvalue weighted by Gasteiger charge is -2.41. The van der Waals surface area contributed by atoms with Crippen LogP contribution in [0.25, 0.3) is 11.1 Å². The van der Waals surface area contributed by atoms with Crippen LogP contribution in [0.5, 0.6) is 11.5 Å². The van der Waals surface area contributed by atoms with E-state index in [1.807, 2.05) is 138 Å². The Morgan fingerprint density at radius 1 is 0.708 bits per heavy atom. The maximum atomic E-state index is 12.7. The molecule has 5 aromatic carbocycles. The summed E-state index contributed by atoms with van der Waals surface area (Å²) in [6, 6.07) is 43.0. The van der Waals surface area contributed by atoms with Crippen molar-refractivity contribution in [2.75, 3.05) is 53.7 Å². The van der Waals surface area contributed by atoms with Gasteiger partial charge in [-0.05, 0) is 97.8 Å². The van der Waals surface area contributed by atoms with Crippen molar-refractivity contribution >= 4 is 15.1 Å². The van der Waals surface area contributed by atoms with E-state index in [1.165, 1.54) is 0 Å². The molecule has 0 heterocycles. The lowest BCUT2D eigenvalue weighted by atomic mass is 9.80. The number of nitriles is 1. The van der Waals surface area contributed by atoms with Crippen molar-refractivity contribution < 1.29 is 48.3 Å². The highest BCUT2D eigenvalue weighted by atomic mass is 31.1. The molecular formula is C55H71N6O10P. The number of hydrogen-bond donors (Lipinski definition) is 7. The van der Waals surface area contributed by atoms with Gasteiger partial charge in [-0.3, -0.25) is 16.0 Å². The van der Waals surface area contributed by atoms with Gasteiger partial charge in [0.05, 0.1) is 61.0 Å². The molecule has 0 bridgehead atoms. The number of nitrogens with zero attached hydrogens (tertiary/aromatic N) is 2. The molecule has 0 saturated carbocycles. The summed E-state index contributed by atoms with van der Waals surface area (Å²) in [6.45, 7) is 9.86. The molecule has 1 aliphatic rings. The van der Waals surface area contributed by atoms with Crippen molar-refractivity contribution in [3.05, 3.63) is 155 Å². The molecule has 16 nitrogen and oxygen atoms in total. The van der Waals surface area contributed by atoms with Crippen molar-refractivity contribution in [2.24, 2.45) is 0 Å². The predicted octanol–water partition coefficient (Wildman–Crippen LogP) is 6.93. The number of aliphatic hydroxyl groups is 3. The fraction of sp³-hybridized carbons (Fsp3) is 0.418. The van der Waals surface area contributed by atoms with Gasteiger partial charge >= 0.3 is 6.09 Å². The number of aliphatic hydroxyl groups excluding tert-OH is 3. The monoisotopic (exact) mass is 1010 g/mol. The third-order valence-corrected chi connectivity index (χ3v) is 14.3. The minimum absolute atomic E-state index is 0.0115. The Morgan fingerprint density at radius 3 is 1.79 bits per heavy atom. The molecule has 1 unspecified atom stereocenters. The van der Waals surface area contributed by atoms with Gasteiger partial charge in [0.2, 0.25) is 0 Å². The zero-order valence-corrected chi connectivity index (χ0v) is 43.2. The molecule has 5 aromatic rings. The van der Waals surface area contributed by atoms with Crippen LogP contribution in [-0.4, -0.2) is 122 Å². The van der Waals surface area contributed by atoms with E-state index in [2.05, 4.69) is 56.3 Å². The number of amides is 1. The number of nitrogens with one attached hydrogen (secondary N) is 4. The number of benzene rings is 5. The van der Waals surface area contributed by atoms with Crippen LogP contribution >= 0.6 is 8.96 Å². The van der Waals surface area contributed by atoms with Gasteiger partial charge in [-0.2, -0.15) is 5.26 Å². The SMILES string of the molecule is COc1ccc(C(OC[C@@H](N[C@H](O)CN[C@H](O)CN[C@H](O)COC(=O)NCC2c3ccccc3-c3ccccc32)[C@@H](C)OPN(C(C)C)C(C)(C)OCCC#N)(c2ccccc2)c2ccc(OC)cc2)cc1. The van der Waals surface area contributed by atoms with Crippen molar-refractivity contribution in [2.45, 2.75) is 95.2 Å². The third kappa shape index (κ3) is 14.6. The van der Waals surface area contributed by atoms with E-state index in [4.69, 9.17) is 33.5 Å². The maximum Gasteiger partial charge on any atom is 0.407 e. The van der Waals surface area contributed by atoms with Crippen molar-refractivity contribution in [3.63, 3.8) is 0 Å². The van der Waals surface area contributed by atoms with E-state index in [1.54, 1.807) is 14.2 Å². The number of ether oxygens (including phenoxy) is 5. The Kier molecular flexibility index (Phi) is 20.9. The van der Waals surface area contributed by atoms with E-state index in [0.717, 1.165) is 38.9 Å². The Bertz CT molecular complexity index is 2390. The smallest absolute Gasteiger partial charge is 0.407 e. The van der Waals surface area contributed by atoms with Gasteiger partial charge in [-0.25, -0.2) is 9.46 Å². The second-order valence-electron chi connectivity index (χ2n) is 18.2. The summed E-state index contributed by atoms with van der Waals surface area (Å²) >= 11 is 0. The molecule has 0 saturated heterocycles. The number of carbonyl (C=O) groups is 1. The lowest BCUT2D eigenvalue weighted by Crippen LogP contribution is -2.54. The number of rotatable bonds is 29. The quantitative estimate of drug-likeness (QED) is 0.0112. The summed E-state index contributed by atoms with van der Waals surface area (Å²) in [5.41, 5.74) is 5.10. The van der Waals surface area contributed by atoms with Crippen molar-refractivity contribution in [1.82, 2.24) is 25.9 Å². The molecule has 7 N–H and O–H groups in total. The van der Waals surface area contributed by atoms with Crippen LogP contribution in [0.15, 0.2) is 127 Å². The molecule has 1 amide bonds. The molecule has 0 aliphatic heterocycles. The zero-order valence-electron chi connectivity index (χ0n) is 42.2. The lowest BCUT2D eigenvalue weighted by molar-refractivity contribution is -0.103. The molecule has 6 rings (SSSR count). The number of methoxy groups -OCH3 is 2. The number of alkyl carbamates (subject to hydrolysis) is 1. The van der Waals surface area contributed by atoms with Gasteiger partial charge in [0, 0.05) is 31.6 Å². The van der Waals surface area contributed by atoms with Gasteiger partial charge in [0.25, 0.3) is 0 Å². The second kappa shape index (κ2) is 27.0. The average Bonchev–Trinajstić information content (AvgIpc) is 3.71.